The fraction of sp³-hybridized carbons (Fsp3) is 0.429. The molecule has 0 amide bonds. The second kappa shape index (κ2) is 9.61. The van der Waals surface area contributed by atoms with Gasteiger partial charge < -0.3 is 10.1 Å². The number of likely N-dealkylation sites (N-methyl/N-ethyl adjacent to an activating group) is 1. The third kappa shape index (κ3) is 5.37. The van der Waals surface area contributed by atoms with E-state index in [1.165, 1.54) is 24.9 Å². The van der Waals surface area contributed by atoms with Crippen molar-refractivity contribution < 1.29 is 4.74 Å². The van der Waals surface area contributed by atoms with E-state index in [1.807, 2.05) is 24.3 Å². The van der Waals surface area contributed by atoms with Crippen molar-refractivity contribution in [3.63, 3.8) is 0 Å². The van der Waals surface area contributed by atoms with Crippen LogP contribution in [-0.4, -0.2) is 30.6 Å². The van der Waals surface area contributed by atoms with Gasteiger partial charge in [-0.25, -0.2) is 0 Å². The molecular formula is C21H26Cl2N2O. The van der Waals surface area contributed by atoms with Gasteiger partial charge in [0.25, 0.3) is 0 Å². The average molecular weight is 393 g/mol. The molecule has 1 atom stereocenters. The first-order valence-corrected chi connectivity index (χ1v) is 10.0. The predicted octanol–water partition coefficient (Wildman–Crippen LogP) is 5.15. The van der Waals surface area contributed by atoms with Crippen LogP contribution in [0.25, 0.3) is 0 Å². The number of hydrogen-bond acceptors (Lipinski definition) is 3. The summed E-state index contributed by atoms with van der Waals surface area (Å²) >= 11 is 12.0. The number of rotatable bonds is 8. The first-order valence-electron chi connectivity index (χ1n) is 9.26. The lowest BCUT2D eigenvalue weighted by molar-refractivity contribution is 0.260. The second-order valence-corrected chi connectivity index (χ2v) is 7.55. The summed E-state index contributed by atoms with van der Waals surface area (Å²) in [5, 5.41) is 4.71. The Hall–Kier alpha value is -1.26. The Kier molecular flexibility index (Phi) is 7.21. The van der Waals surface area contributed by atoms with E-state index in [1.54, 1.807) is 6.07 Å². The zero-order chi connectivity index (χ0) is 18.4. The molecule has 1 N–H and O–H groups in total. The second-order valence-electron chi connectivity index (χ2n) is 6.74. The van der Waals surface area contributed by atoms with Gasteiger partial charge in [0.15, 0.2) is 0 Å². The molecule has 0 radical (unpaired) electrons. The van der Waals surface area contributed by atoms with Crippen LogP contribution < -0.4 is 10.1 Å². The Morgan fingerprint density at radius 1 is 1.12 bits per heavy atom. The number of ether oxygens (including phenoxy) is 1. The topological polar surface area (TPSA) is 24.5 Å². The lowest BCUT2D eigenvalue weighted by Gasteiger charge is -2.23. The fourth-order valence-electron chi connectivity index (χ4n) is 3.47. The van der Waals surface area contributed by atoms with E-state index in [0.717, 1.165) is 30.9 Å². The minimum absolute atomic E-state index is 0.474. The van der Waals surface area contributed by atoms with E-state index in [9.17, 15) is 0 Å². The third-order valence-corrected chi connectivity index (χ3v) is 5.64. The van der Waals surface area contributed by atoms with Gasteiger partial charge in [0.05, 0.1) is 10.0 Å². The monoisotopic (exact) mass is 392 g/mol. The van der Waals surface area contributed by atoms with Crippen molar-refractivity contribution in [1.29, 1.82) is 0 Å². The van der Waals surface area contributed by atoms with Crippen LogP contribution in [0.4, 0.5) is 0 Å². The van der Waals surface area contributed by atoms with E-state index in [2.05, 4.69) is 29.3 Å². The van der Waals surface area contributed by atoms with Gasteiger partial charge >= 0.3 is 0 Å². The smallest absolute Gasteiger partial charge is 0.120 e. The summed E-state index contributed by atoms with van der Waals surface area (Å²) in [7, 11) is 0. The molecule has 1 aliphatic heterocycles. The molecular weight excluding hydrogens is 367 g/mol. The van der Waals surface area contributed by atoms with Crippen molar-refractivity contribution in [3.05, 3.63) is 63.6 Å². The molecule has 3 nitrogen and oxygen atoms in total. The maximum absolute atomic E-state index is 6.05. The van der Waals surface area contributed by atoms with Gasteiger partial charge in [-0.05, 0) is 61.3 Å². The molecule has 0 saturated carbocycles. The molecule has 1 heterocycles. The van der Waals surface area contributed by atoms with Crippen LogP contribution in [0.15, 0.2) is 42.5 Å². The SMILES string of the molecule is CCN1CCC[C@H]1CNCc1cccc(OCc2ccc(Cl)c(Cl)c2)c1. The van der Waals surface area contributed by atoms with Crippen LogP contribution in [0.1, 0.15) is 30.9 Å². The summed E-state index contributed by atoms with van der Waals surface area (Å²) in [6.07, 6.45) is 2.62. The minimum atomic E-state index is 0.474. The molecule has 0 bridgehead atoms. The highest BCUT2D eigenvalue weighted by Crippen LogP contribution is 2.23. The molecule has 1 saturated heterocycles. The molecule has 3 rings (SSSR count). The number of hydrogen-bond donors (Lipinski definition) is 1. The van der Waals surface area contributed by atoms with Crippen molar-refractivity contribution in [3.8, 4) is 5.75 Å². The molecule has 0 aliphatic carbocycles. The van der Waals surface area contributed by atoms with Crippen molar-refractivity contribution >= 4 is 23.2 Å². The Morgan fingerprint density at radius 3 is 2.81 bits per heavy atom. The molecule has 0 aromatic heterocycles. The van der Waals surface area contributed by atoms with Crippen molar-refractivity contribution in [2.45, 2.75) is 39.0 Å². The largest absolute Gasteiger partial charge is 0.489 e. The highest BCUT2D eigenvalue weighted by Gasteiger charge is 2.21. The summed E-state index contributed by atoms with van der Waals surface area (Å²) in [6, 6.07) is 14.5. The third-order valence-electron chi connectivity index (χ3n) is 4.90. The van der Waals surface area contributed by atoms with Crippen molar-refractivity contribution in [1.82, 2.24) is 10.2 Å². The normalized spacial score (nSPS) is 17.6. The minimum Gasteiger partial charge on any atom is -0.489 e. The van der Waals surface area contributed by atoms with Gasteiger partial charge in [-0.1, -0.05) is 48.3 Å². The van der Waals surface area contributed by atoms with Gasteiger partial charge in [0.1, 0.15) is 12.4 Å². The maximum Gasteiger partial charge on any atom is 0.120 e. The summed E-state index contributed by atoms with van der Waals surface area (Å²) < 4.78 is 5.90. The zero-order valence-electron chi connectivity index (χ0n) is 15.2. The lowest BCUT2D eigenvalue weighted by atomic mass is 10.2. The molecule has 5 heteroatoms. The zero-order valence-corrected chi connectivity index (χ0v) is 16.7. The van der Waals surface area contributed by atoms with Crippen LogP contribution >= 0.6 is 23.2 Å². The maximum atomic E-state index is 6.05. The first-order chi connectivity index (χ1) is 12.7. The number of nitrogens with zero attached hydrogens (tertiary/aromatic N) is 1. The van der Waals surface area contributed by atoms with Gasteiger partial charge in [0, 0.05) is 19.1 Å². The van der Waals surface area contributed by atoms with Crippen LogP contribution in [-0.2, 0) is 13.2 Å². The Morgan fingerprint density at radius 2 is 2.00 bits per heavy atom. The molecule has 26 heavy (non-hydrogen) atoms. The molecule has 2 aromatic carbocycles. The average Bonchev–Trinajstić information content (AvgIpc) is 3.11. The number of halogens is 2. The van der Waals surface area contributed by atoms with Crippen LogP contribution in [0, 0.1) is 0 Å². The van der Waals surface area contributed by atoms with E-state index in [-0.39, 0.29) is 0 Å². The van der Waals surface area contributed by atoms with Gasteiger partial charge in [-0.3, -0.25) is 4.90 Å². The summed E-state index contributed by atoms with van der Waals surface area (Å²) in [5.74, 6) is 0.867. The van der Waals surface area contributed by atoms with Crippen molar-refractivity contribution in [2.75, 3.05) is 19.6 Å². The van der Waals surface area contributed by atoms with E-state index < -0.39 is 0 Å². The highest BCUT2D eigenvalue weighted by molar-refractivity contribution is 6.42. The first kappa shape index (κ1) is 19.5. The number of nitrogens with one attached hydrogen (secondary N) is 1. The summed E-state index contributed by atoms with van der Waals surface area (Å²) in [6.45, 7) is 7.00. The molecule has 1 aliphatic rings. The quantitative estimate of drug-likeness (QED) is 0.672. The summed E-state index contributed by atoms with van der Waals surface area (Å²) in [4.78, 5) is 2.56. The fourth-order valence-corrected chi connectivity index (χ4v) is 3.79. The molecule has 1 fully saturated rings. The van der Waals surface area contributed by atoms with Gasteiger partial charge in [-0.2, -0.15) is 0 Å². The van der Waals surface area contributed by atoms with Gasteiger partial charge in [-0.15, -0.1) is 0 Å². The summed E-state index contributed by atoms with van der Waals surface area (Å²) in [5.41, 5.74) is 2.24. The van der Waals surface area contributed by atoms with Gasteiger partial charge in [0.2, 0.25) is 0 Å². The standard InChI is InChI=1S/C21H26Cl2N2O/c1-2-25-10-4-6-18(25)14-24-13-16-5-3-7-19(11-16)26-15-17-8-9-20(22)21(23)12-17/h3,5,7-9,11-12,18,24H,2,4,6,10,13-15H2,1H3/t18-/m0/s1. The van der Waals surface area contributed by atoms with Crippen LogP contribution in [0.5, 0.6) is 5.75 Å². The van der Waals surface area contributed by atoms with Crippen LogP contribution in [0.2, 0.25) is 10.0 Å². The molecule has 140 valence electrons. The van der Waals surface area contributed by atoms with E-state index in [4.69, 9.17) is 27.9 Å². The lowest BCUT2D eigenvalue weighted by Crippen LogP contribution is -2.37. The predicted molar refractivity (Wildman–Crippen MR) is 109 cm³/mol. The molecule has 0 unspecified atom stereocenters. The Labute approximate surface area is 166 Å². The number of likely N-dealkylation sites (tertiary alicyclic amines) is 1. The molecule has 0 spiro atoms. The highest BCUT2D eigenvalue weighted by atomic mass is 35.5. The van der Waals surface area contributed by atoms with Crippen molar-refractivity contribution in [2.24, 2.45) is 0 Å². The Bertz CT molecular complexity index is 723. The molecule has 2 aromatic rings. The van der Waals surface area contributed by atoms with Crippen LogP contribution in [0.3, 0.4) is 0 Å². The van der Waals surface area contributed by atoms with E-state index in [0.29, 0.717) is 22.7 Å². The Balaban J connectivity index is 1.49. The number of benzene rings is 2. The van der Waals surface area contributed by atoms with E-state index >= 15 is 0 Å².